The fourth-order valence-electron chi connectivity index (χ4n) is 4.00. The molecule has 0 amide bonds. The zero-order valence-corrected chi connectivity index (χ0v) is 12.7. The van der Waals surface area contributed by atoms with Crippen molar-refractivity contribution >= 4 is 18.5 Å². The molecule has 3 atom stereocenters. The summed E-state index contributed by atoms with van der Waals surface area (Å²) in [6, 6.07) is 1.32. The number of hydrogen-bond acceptors (Lipinski definition) is 0. The van der Waals surface area contributed by atoms with E-state index in [9.17, 15) is 0 Å². The molecule has 94 valence electrons. The molecule has 0 aromatic carbocycles. The summed E-state index contributed by atoms with van der Waals surface area (Å²) >= 11 is 6.39. The molecule has 2 aliphatic rings. The molecular formula is C14H27ClSi. The van der Waals surface area contributed by atoms with E-state index in [-0.39, 0.29) is 0 Å². The zero-order valence-electron chi connectivity index (χ0n) is 11.0. The number of halogens is 1. The van der Waals surface area contributed by atoms with Gasteiger partial charge in [0.05, 0.1) is 0 Å². The van der Waals surface area contributed by atoms with E-state index < -0.39 is 7.38 Å². The van der Waals surface area contributed by atoms with E-state index in [0.29, 0.717) is 0 Å². The van der Waals surface area contributed by atoms with Crippen molar-refractivity contribution in [2.75, 3.05) is 0 Å². The lowest BCUT2D eigenvalue weighted by Crippen LogP contribution is -2.20. The third kappa shape index (κ3) is 3.50. The van der Waals surface area contributed by atoms with E-state index in [2.05, 4.69) is 13.1 Å². The summed E-state index contributed by atoms with van der Waals surface area (Å²) in [7, 11) is -1.30. The fourth-order valence-corrected chi connectivity index (χ4v) is 5.45. The van der Waals surface area contributed by atoms with Crippen LogP contribution in [0, 0.1) is 17.8 Å². The first-order valence-electron chi connectivity index (χ1n) is 7.25. The molecule has 2 rings (SSSR count). The summed E-state index contributed by atoms with van der Waals surface area (Å²) in [6.45, 7) is 4.57. The fraction of sp³-hybridized carbons (Fsp3) is 1.00. The van der Waals surface area contributed by atoms with E-state index in [1.54, 1.807) is 0 Å². The van der Waals surface area contributed by atoms with Gasteiger partial charge in [0.2, 0.25) is 0 Å². The van der Waals surface area contributed by atoms with E-state index >= 15 is 0 Å². The summed E-state index contributed by atoms with van der Waals surface area (Å²) in [6.07, 6.45) is 12.0. The maximum Gasteiger partial charge on any atom is 0.150 e. The maximum absolute atomic E-state index is 6.39. The predicted octanol–water partition coefficient (Wildman–Crippen LogP) is 5.43. The van der Waals surface area contributed by atoms with Crippen LogP contribution < -0.4 is 0 Å². The highest BCUT2D eigenvalue weighted by Crippen LogP contribution is 2.47. The summed E-state index contributed by atoms with van der Waals surface area (Å²) in [5.74, 6) is 3.28. The Balaban J connectivity index is 1.74. The van der Waals surface area contributed by atoms with Gasteiger partial charge in [0.25, 0.3) is 0 Å². The third-order valence-electron chi connectivity index (χ3n) is 4.83. The van der Waals surface area contributed by atoms with Crippen LogP contribution >= 0.6 is 11.1 Å². The van der Waals surface area contributed by atoms with Gasteiger partial charge in [-0.2, -0.15) is 11.1 Å². The van der Waals surface area contributed by atoms with Crippen LogP contribution in [0.4, 0.5) is 0 Å². The van der Waals surface area contributed by atoms with Crippen molar-refractivity contribution in [1.29, 1.82) is 0 Å². The molecule has 0 N–H and O–H groups in total. The molecule has 16 heavy (non-hydrogen) atoms. The Hall–Kier alpha value is 0.507. The largest absolute Gasteiger partial charge is 0.168 e. The van der Waals surface area contributed by atoms with E-state index in [4.69, 9.17) is 11.1 Å². The summed E-state index contributed by atoms with van der Waals surface area (Å²) < 4.78 is 0. The standard InChI is InChI=1S/C14H27ClSi/c1-16(2,15)11-5-7-13-10-9-12-6-3-4-8-14(12)13/h12-14H,3-11H2,1-2H3. The van der Waals surface area contributed by atoms with Crippen molar-refractivity contribution in [3.05, 3.63) is 0 Å². The average Bonchev–Trinajstić information content (AvgIpc) is 2.60. The molecule has 0 radical (unpaired) electrons. The first-order valence-corrected chi connectivity index (χ1v) is 11.5. The van der Waals surface area contributed by atoms with Crippen molar-refractivity contribution in [3.63, 3.8) is 0 Å². The first kappa shape index (κ1) is 13.0. The highest BCUT2D eigenvalue weighted by atomic mass is 35.6. The third-order valence-corrected chi connectivity index (χ3v) is 6.94. The van der Waals surface area contributed by atoms with Crippen LogP contribution in [0.5, 0.6) is 0 Å². The molecule has 0 aromatic heterocycles. The highest BCUT2D eigenvalue weighted by Gasteiger charge is 2.36. The monoisotopic (exact) mass is 258 g/mol. The second-order valence-corrected chi connectivity index (χ2v) is 13.7. The second kappa shape index (κ2) is 5.43. The molecule has 2 fully saturated rings. The van der Waals surface area contributed by atoms with Gasteiger partial charge >= 0.3 is 0 Å². The Morgan fingerprint density at radius 2 is 1.81 bits per heavy atom. The van der Waals surface area contributed by atoms with E-state index in [1.165, 1.54) is 57.4 Å². The topological polar surface area (TPSA) is 0 Å². The van der Waals surface area contributed by atoms with E-state index in [1.807, 2.05) is 0 Å². The van der Waals surface area contributed by atoms with Gasteiger partial charge in [0, 0.05) is 0 Å². The van der Waals surface area contributed by atoms with Crippen LogP contribution in [-0.4, -0.2) is 7.38 Å². The minimum atomic E-state index is -1.30. The van der Waals surface area contributed by atoms with Crippen LogP contribution in [0.15, 0.2) is 0 Å². The number of rotatable bonds is 4. The lowest BCUT2D eigenvalue weighted by Gasteiger charge is -2.29. The van der Waals surface area contributed by atoms with Crippen LogP contribution in [-0.2, 0) is 0 Å². The Labute approximate surface area is 107 Å². The Morgan fingerprint density at radius 3 is 2.56 bits per heavy atom. The molecule has 0 aromatic rings. The SMILES string of the molecule is C[Si](C)(Cl)CCCC1CCC2CCCCC21. The molecule has 2 saturated carbocycles. The molecule has 0 bridgehead atoms. The molecule has 0 spiro atoms. The summed E-state index contributed by atoms with van der Waals surface area (Å²) in [5.41, 5.74) is 0. The van der Waals surface area contributed by atoms with Gasteiger partial charge in [-0.25, -0.2) is 0 Å². The average molecular weight is 259 g/mol. The molecule has 2 heteroatoms. The van der Waals surface area contributed by atoms with Crippen LogP contribution in [0.1, 0.15) is 51.4 Å². The van der Waals surface area contributed by atoms with Crippen molar-refractivity contribution in [2.24, 2.45) is 17.8 Å². The maximum atomic E-state index is 6.39. The van der Waals surface area contributed by atoms with Crippen molar-refractivity contribution in [2.45, 2.75) is 70.5 Å². The first-order chi connectivity index (χ1) is 7.56. The van der Waals surface area contributed by atoms with Gasteiger partial charge in [-0.05, 0) is 43.1 Å². The molecule has 3 unspecified atom stereocenters. The minimum Gasteiger partial charge on any atom is -0.168 e. The number of hydrogen-bond donors (Lipinski definition) is 0. The highest BCUT2D eigenvalue weighted by molar-refractivity contribution is 7.19. The number of fused-ring (bicyclic) bond motifs is 1. The smallest absolute Gasteiger partial charge is 0.150 e. The van der Waals surface area contributed by atoms with Gasteiger partial charge in [-0.1, -0.05) is 45.2 Å². The Morgan fingerprint density at radius 1 is 1.06 bits per heavy atom. The molecule has 0 nitrogen and oxygen atoms in total. The van der Waals surface area contributed by atoms with Crippen molar-refractivity contribution in [1.82, 2.24) is 0 Å². The lowest BCUT2D eigenvalue weighted by atomic mass is 9.77. The molecule has 2 aliphatic carbocycles. The van der Waals surface area contributed by atoms with Crippen molar-refractivity contribution in [3.8, 4) is 0 Å². The molecule has 0 saturated heterocycles. The predicted molar refractivity (Wildman–Crippen MR) is 75.5 cm³/mol. The second-order valence-electron chi connectivity index (χ2n) is 6.66. The normalized spacial score (nSPS) is 35.1. The van der Waals surface area contributed by atoms with Crippen LogP contribution in [0.3, 0.4) is 0 Å². The van der Waals surface area contributed by atoms with Gasteiger partial charge in [-0.3, -0.25) is 0 Å². The molecular weight excluding hydrogens is 232 g/mol. The zero-order chi connectivity index (χ0) is 11.6. The quantitative estimate of drug-likeness (QED) is 0.466. The van der Waals surface area contributed by atoms with Gasteiger partial charge < -0.3 is 0 Å². The van der Waals surface area contributed by atoms with Crippen LogP contribution in [0.2, 0.25) is 19.1 Å². The summed E-state index contributed by atoms with van der Waals surface area (Å²) in [4.78, 5) is 0. The Kier molecular flexibility index (Phi) is 4.40. The van der Waals surface area contributed by atoms with Gasteiger partial charge in [0.1, 0.15) is 7.38 Å². The molecule has 0 heterocycles. The van der Waals surface area contributed by atoms with Gasteiger partial charge in [-0.15, -0.1) is 0 Å². The minimum absolute atomic E-state index is 1.07. The molecule has 0 aliphatic heterocycles. The van der Waals surface area contributed by atoms with Gasteiger partial charge in [0.15, 0.2) is 0 Å². The lowest BCUT2D eigenvalue weighted by molar-refractivity contribution is 0.220. The van der Waals surface area contributed by atoms with Crippen molar-refractivity contribution < 1.29 is 0 Å². The van der Waals surface area contributed by atoms with E-state index in [0.717, 1.165) is 17.8 Å². The summed E-state index contributed by atoms with van der Waals surface area (Å²) in [5, 5.41) is 0. The Bertz CT molecular complexity index is 221. The van der Waals surface area contributed by atoms with Crippen LogP contribution in [0.25, 0.3) is 0 Å².